The van der Waals surface area contributed by atoms with Gasteiger partial charge in [-0.3, -0.25) is 0 Å². The summed E-state index contributed by atoms with van der Waals surface area (Å²) in [5.41, 5.74) is 0.795. The van der Waals surface area contributed by atoms with Crippen LogP contribution >= 0.6 is 0 Å². The summed E-state index contributed by atoms with van der Waals surface area (Å²) in [6, 6.07) is 0.715. The molecule has 0 spiro atoms. The highest BCUT2D eigenvalue weighted by atomic mass is 15.1. The van der Waals surface area contributed by atoms with Crippen LogP contribution in [-0.2, 0) is 0 Å². The molecular weight excluding hydrogens is 146 g/mol. The van der Waals surface area contributed by atoms with Crippen LogP contribution in [0.3, 0.4) is 0 Å². The Morgan fingerprint density at radius 2 is 1.75 bits per heavy atom. The van der Waals surface area contributed by atoms with Crippen molar-refractivity contribution in [1.82, 2.24) is 5.32 Å². The predicted octanol–water partition coefficient (Wildman–Crippen LogP) is 2.81. The smallest absolute Gasteiger partial charge is 0.0198 e. The van der Waals surface area contributed by atoms with E-state index in [1.165, 1.54) is 6.42 Å². The average molecular weight is 169 g/mol. The second kappa shape index (κ2) is 2.73. The van der Waals surface area contributed by atoms with Crippen molar-refractivity contribution in [1.29, 1.82) is 0 Å². The molecule has 2 atom stereocenters. The van der Waals surface area contributed by atoms with Crippen LogP contribution in [0.4, 0.5) is 0 Å². The van der Waals surface area contributed by atoms with Crippen molar-refractivity contribution in [2.75, 3.05) is 0 Å². The Morgan fingerprint density at radius 3 is 1.92 bits per heavy atom. The Balaban J connectivity index is 2.82. The van der Waals surface area contributed by atoms with Crippen LogP contribution in [0.2, 0.25) is 0 Å². The Labute approximate surface area is 76.9 Å². The van der Waals surface area contributed by atoms with Crippen LogP contribution in [0.5, 0.6) is 0 Å². The molecule has 1 heterocycles. The van der Waals surface area contributed by atoms with Gasteiger partial charge in [-0.2, -0.15) is 0 Å². The van der Waals surface area contributed by atoms with Crippen LogP contribution in [0, 0.1) is 11.3 Å². The molecule has 2 unspecified atom stereocenters. The van der Waals surface area contributed by atoms with Crippen molar-refractivity contribution in [2.45, 2.75) is 59.5 Å². The molecule has 0 saturated carbocycles. The molecule has 1 rings (SSSR count). The third-order valence-corrected chi connectivity index (χ3v) is 4.21. The van der Waals surface area contributed by atoms with Crippen molar-refractivity contribution in [3.8, 4) is 0 Å². The fraction of sp³-hybridized carbons (Fsp3) is 1.00. The van der Waals surface area contributed by atoms with Crippen LogP contribution in [0.15, 0.2) is 0 Å². The van der Waals surface area contributed by atoms with E-state index in [1.54, 1.807) is 0 Å². The molecule has 0 radical (unpaired) electrons. The van der Waals surface area contributed by atoms with Gasteiger partial charge in [0.2, 0.25) is 0 Å². The van der Waals surface area contributed by atoms with Crippen molar-refractivity contribution >= 4 is 0 Å². The zero-order valence-electron chi connectivity index (χ0n) is 9.36. The molecule has 1 N–H and O–H groups in total. The van der Waals surface area contributed by atoms with Crippen LogP contribution in [0.25, 0.3) is 0 Å². The van der Waals surface area contributed by atoms with Gasteiger partial charge in [0.05, 0.1) is 0 Å². The van der Waals surface area contributed by atoms with E-state index in [2.05, 4.69) is 46.9 Å². The molecule has 12 heavy (non-hydrogen) atoms. The van der Waals surface area contributed by atoms with E-state index in [-0.39, 0.29) is 0 Å². The maximum absolute atomic E-state index is 3.64. The minimum absolute atomic E-state index is 0.321. The molecule has 1 nitrogen and oxygen atoms in total. The molecule has 0 amide bonds. The zero-order valence-corrected chi connectivity index (χ0v) is 9.36. The van der Waals surface area contributed by atoms with Gasteiger partial charge in [0.1, 0.15) is 0 Å². The first-order valence-corrected chi connectivity index (χ1v) is 5.14. The summed E-state index contributed by atoms with van der Waals surface area (Å²) in [4.78, 5) is 0. The van der Waals surface area contributed by atoms with Crippen LogP contribution in [0.1, 0.15) is 48.0 Å². The lowest BCUT2D eigenvalue weighted by molar-refractivity contribution is -0.0760. The summed E-state index contributed by atoms with van der Waals surface area (Å²) >= 11 is 0. The third-order valence-electron chi connectivity index (χ3n) is 4.21. The van der Waals surface area contributed by atoms with Gasteiger partial charge in [-0.05, 0) is 26.2 Å². The highest BCUT2D eigenvalue weighted by Crippen LogP contribution is 2.50. The highest BCUT2D eigenvalue weighted by molar-refractivity contribution is 5.14. The molecule has 1 aliphatic heterocycles. The molecule has 0 aliphatic carbocycles. The van der Waals surface area contributed by atoms with Crippen molar-refractivity contribution in [3.63, 3.8) is 0 Å². The van der Waals surface area contributed by atoms with Crippen LogP contribution in [-0.4, -0.2) is 11.6 Å². The molecule has 1 fully saturated rings. The molecular formula is C11H23N. The molecule has 72 valence electrons. The van der Waals surface area contributed by atoms with Gasteiger partial charge in [-0.25, -0.2) is 0 Å². The molecule has 0 aromatic carbocycles. The monoisotopic (exact) mass is 169 g/mol. The Kier molecular flexibility index (Phi) is 2.28. The molecule has 1 heteroatoms. The predicted molar refractivity (Wildman–Crippen MR) is 54.2 cm³/mol. The first-order chi connectivity index (χ1) is 5.36. The fourth-order valence-electron chi connectivity index (χ4n) is 2.75. The Bertz CT molecular complexity index is 172. The summed E-state index contributed by atoms with van der Waals surface area (Å²) in [5, 5.41) is 3.64. The summed E-state index contributed by atoms with van der Waals surface area (Å²) in [5.74, 6) is 0.763. The van der Waals surface area contributed by atoms with Crippen molar-refractivity contribution in [3.05, 3.63) is 0 Å². The van der Waals surface area contributed by atoms with Crippen LogP contribution < -0.4 is 5.32 Å². The normalized spacial score (nSPS) is 39.8. The molecule has 1 saturated heterocycles. The second-order valence-corrected chi connectivity index (χ2v) is 5.17. The second-order valence-electron chi connectivity index (χ2n) is 5.17. The van der Waals surface area contributed by atoms with E-state index >= 15 is 0 Å². The average Bonchev–Trinajstić information content (AvgIpc) is 1.98. The number of nitrogens with one attached hydrogen (secondary N) is 1. The minimum atomic E-state index is 0.321. The fourth-order valence-corrected chi connectivity index (χ4v) is 2.75. The number of rotatable bonds is 2. The summed E-state index contributed by atoms with van der Waals surface area (Å²) in [6.45, 7) is 14.0. The van der Waals surface area contributed by atoms with Gasteiger partial charge in [0.25, 0.3) is 0 Å². The van der Waals surface area contributed by atoms with Gasteiger partial charge in [-0.1, -0.05) is 27.7 Å². The maximum Gasteiger partial charge on any atom is 0.0198 e. The number of hydrogen-bond acceptors (Lipinski definition) is 1. The lowest BCUT2D eigenvalue weighted by atomic mass is 9.54. The summed E-state index contributed by atoms with van der Waals surface area (Å²) < 4.78 is 0. The lowest BCUT2D eigenvalue weighted by Crippen LogP contribution is -2.76. The van der Waals surface area contributed by atoms with Gasteiger partial charge in [0, 0.05) is 17.0 Å². The standard InChI is InChI=1S/C11H23N/c1-7-9-11(6,8(2)3)10(4,5)12-9/h8-9,12H,7H2,1-6H3. The Hall–Kier alpha value is -0.0400. The summed E-state index contributed by atoms with van der Waals surface area (Å²) in [7, 11) is 0. The van der Waals surface area contributed by atoms with Crippen molar-refractivity contribution < 1.29 is 0 Å². The van der Waals surface area contributed by atoms with E-state index in [0.717, 1.165) is 5.92 Å². The first kappa shape index (κ1) is 10.0. The van der Waals surface area contributed by atoms with E-state index in [9.17, 15) is 0 Å². The zero-order chi connectivity index (χ0) is 9.57. The van der Waals surface area contributed by atoms with E-state index < -0.39 is 0 Å². The van der Waals surface area contributed by atoms with Crippen molar-refractivity contribution in [2.24, 2.45) is 11.3 Å². The minimum Gasteiger partial charge on any atom is -0.308 e. The van der Waals surface area contributed by atoms with E-state index in [0.29, 0.717) is 17.0 Å². The maximum atomic E-state index is 3.64. The molecule has 0 aromatic rings. The van der Waals surface area contributed by atoms with E-state index in [4.69, 9.17) is 0 Å². The lowest BCUT2D eigenvalue weighted by Gasteiger charge is -2.64. The summed E-state index contributed by atoms with van der Waals surface area (Å²) in [6.07, 6.45) is 1.25. The van der Waals surface area contributed by atoms with Gasteiger partial charge >= 0.3 is 0 Å². The SMILES string of the molecule is CCC1NC(C)(C)C1(C)C(C)C. The molecule has 0 bridgehead atoms. The largest absolute Gasteiger partial charge is 0.308 e. The third kappa shape index (κ3) is 1.02. The quantitative estimate of drug-likeness (QED) is 0.670. The van der Waals surface area contributed by atoms with Gasteiger partial charge in [0.15, 0.2) is 0 Å². The Morgan fingerprint density at radius 1 is 1.25 bits per heavy atom. The van der Waals surface area contributed by atoms with Gasteiger partial charge in [-0.15, -0.1) is 0 Å². The highest BCUT2D eigenvalue weighted by Gasteiger charge is 2.57. The molecule has 0 aromatic heterocycles. The van der Waals surface area contributed by atoms with Gasteiger partial charge < -0.3 is 5.32 Å². The molecule has 1 aliphatic rings. The topological polar surface area (TPSA) is 12.0 Å². The number of hydrogen-bond donors (Lipinski definition) is 1. The first-order valence-electron chi connectivity index (χ1n) is 5.14. The van der Waals surface area contributed by atoms with E-state index in [1.807, 2.05) is 0 Å².